The minimum Gasteiger partial charge on any atom is -0.299 e. The first-order valence-electron chi connectivity index (χ1n) is 8.63. The van der Waals surface area contributed by atoms with Crippen molar-refractivity contribution >= 4 is 11.8 Å². The van der Waals surface area contributed by atoms with Gasteiger partial charge in [-0.1, -0.05) is 42.1 Å². The fourth-order valence-corrected chi connectivity index (χ4v) is 3.30. The van der Waals surface area contributed by atoms with Gasteiger partial charge in [-0.05, 0) is 19.5 Å². The van der Waals surface area contributed by atoms with Crippen molar-refractivity contribution in [2.24, 2.45) is 0 Å². The van der Waals surface area contributed by atoms with E-state index in [0.717, 1.165) is 35.1 Å². The first-order valence-corrected chi connectivity index (χ1v) is 9.62. The third-order valence-electron chi connectivity index (χ3n) is 4.20. The van der Waals surface area contributed by atoms with Gasteiger partial charge in [-0.3, -0.25) is 14.9 Å². The molecule has 26 heavy (non-hydrogen) atoms. The number of hydrogen-bond donors (Lipinski definition) is 0. The Morgan fingerprint density at radius 1 is 0.962 bits per heavy atom. The smallest absolute Gasteiger partial charge is 0.187 e. The SMILES string of the molecule is C[C@@H](Cc1cnccn1)N(C)Cc1cnc(SCc2ccccc2)nc1. The van der Waals surface area contributed by atoms with Crippen molar-refractivity contribution in [1.29, 1.82) is 0 Å². The molecule has 1 aromatic carbocycles. The van der Waals surface area contributed by atoms with E-state index in [9.17, 15) is 0 Å². The topological polar surface area (TPSA) is 54.8 Å². The van der Waals surface area contributed by atoms with Crippen LogP contribution < -0.4 is 0 Å². The van der Waals surface area contributed by atoms with E-state index in [0.29, 0.717) is 6.04 Å². The van der Waals surface area contributed by atoms with Crippen molar-refractivity contribution in [2.75, 3.05) is 7.05 Å². The van der Waals surface area contributed by atoms with E-state index in [4.69, 9.17) is 0 Å². The lowest BCUT2D eigenvalue weighted by atomic mass is 10.1. The van der Waals surface area contributed by atoms with E-state index in [1.807, 2.05) is 24.7 Å². The van der Waals surface area contributed by atoms with Crippen LogP contribution in [-0.2, 0) is 18.7 Å². The quantitative estimate of drug-likeness (QED) is 0.449. The van der Waals surface area contributed by atoms with E-state index in [1.54, 1.807) is 24.2 Å². The number of thioether (sulfide) groups is 1. The summed E-state index contributed by atoms with van der Waals surface area (Å²) in [7, 11) is 2.11. The highest BCUT2D eigenvalue weighted by atomic mass is 32.2. The van der Waals surface area contributed by atoms with Crippen LogP contribution in [0.15, 0.2) is 66.5 Å². The maximum Gasteiger partial charge on any atom is 0.187 e. The summed E-state index contributed by atoms with van der Waals surface area (Å²) in [5.41, 5.74) is 3.40. The summed E-state index contributed by atoms with van der Waals surface area (Å²) in [4.78, 5) is 19.7. The van der Waals surface area contributed by atoms with E-state index in [2.05, 4.69) is 63.1 Å². The van der Waals surface area contributed by atoms with Crippen LogP contribution in [0.4, 0.5) is 0 Å². The maximum atomic E-state index is 4.49. The summed E-state index contributed by atoms with van der Waals surface area (Å²) in [6.07, 6.45) is 9.98. The minimum atomic E-state index is 0.360. The molecule has 0 N–H and O–H groups in total. The molecule has 0 spiro atoms. The van der Waals surface area contributed by atoms with Gasteiger partial charge in [-0.2, -0.15) is 0 Å². The number of hydrogen-bond acceptors (Lipinski definition) is 6. The Hall–Kier alpha value is -2.31. The van der Waals surface area contributed by atoms with Crippen LogP contribution in [0.3, 0.4) is 0 Å². The highest BCUT2D eigenvalue weighted by Gasteiger charge is 2.12. The second kappa shape index (κ2) is 9.40. The molecule has 0 fully saturated rings. The molecule has 0 radical (unpaired) electrons. The summed E-state index contributed by atoms with van der Waals surface area (Å²) in [5.74, 6) is 0.884. The van der Waals surface area contributed by atoms with Crippen LogP contribution >= 0.6 is 11.8 Å². The van der Waals surface area contributed by atoms with Crippen molar-refractivity contribution in [2.45, 2.75) is 36.8 Å². The summed E-state index contributed by atoms with van der Waals surface area (Å²) in [6, 6.07) is 10.7. The van der Waals surface area contributed by atoms with E-state index in [-0.39, 0.29) is 0 Å². The van der Waals surface area contributed by atoms with E-state index >= 15 is 0 Å². The molecule has 3 aromatic rings. The molecular weight excluding hydrogens is 342 g/mol. The van der Waals surface area contributed by atoms with Crippen molar-refractivity contribution in [1.82, 2.24) is 24.8 Å². The van der Waals surface area contributed by atoms with Gasteiger partial charge in [-0.25, -0.2) is 9.97 Å². The highest BCUT2D eigenvalue weighted by Crippen LogP contribution is 2.19. The van der Waals surface area contributed by atoms with Gasteiger partial charge in [0, 0.05) is 61.3 Å². The Morgan fingerprint density at radius 2 is 1.73 bits per heavy atom. The summed E-state index contributed by atoms with van der Waals surface area (Å²) >= 11 is 1.66. The molecule has 0 bridgehead atoms. The maximum absolute atomic E-state index is 4.49. The molecule has 0 aliphatic carbocycles. The fraction of sp³-hybridized carbons (Fsp3) is 0.300. The molecule has 0 saturated carbocycles. The number of likely N-dealkylation sites (N-methyl/N-ethyl adjacent to an activating group) is 1. The zero-order valence-electron chi connectivity index (χ0n) is 15.1. The highest BCUT2D eigenvalue weighted by molar-refractivity contribution is 7.98. The lowest BCUT2D eigenvalue weighted by Gasteiger charge is -2.24. The number of nitrogens with zero attached hydrogens (tertiary/aromatic N) is 5. The fourth-order valence-electron chi connectivity index (χ4n) is 2.56. The molecule has 0 saturated heterocycles. The Kier molecular flexibility index (Phi) is 6.68. The number of benzene rings is 1. The minimum absolute atomic E-state index is 0.360. The number of rotatable bonds is 8. The predicted molar refractivity (Wildman–Crippen MR) is 105 cm³/mol. The Balaban J connectivity index is 1.50. The standard InChI is InChI=1S/C20H23N5S/c1-16(10-19-13-21-8-9-22-19)25(2)14-18-11-23-20(24-12-18)26-15-17-6-4-3-5-7-17/h3-9,11-13,16H,10,14-15H2,1-2H3/t16-/m0/s1. The van der Waals surface area contributed by atoms with Crippen molar-refractivity contribution in [3.05, 3.63) is 78.1 Å². The zero-order valence-corrected chi connectivity index (χ0v) is 15.9. The van der Waals surface area contributed by atoms with Crippen LogP contribution in [-0.4, -0.2) is 37.9 Å². The van der Waals surface area contributed by atoms with Gasteiger partial charge in [-0.15, -0.1) is 0 Å². The lowest BCUT2D eigenvalue weighted by molar-refractivity contribution is 0.246. The molecule has 0 aliphatic heterocycles. The second-order valence-electron chi connectivity index (χ2n) is 6.31. The van der Waals surface area contributed by atoms with Gasteiger partial charge >= 0.3 is 0 Å². The molecule has 3 rings (SSSR count). The molecular formula is C20H23N5S. The van der Waals surface area contributed by atoms with Gasteiger partial charge in [0.1, 0.15) is 0 Å². The third kappa shape index (κ3) is 5.61. The first-order chi connectivity index (χ1) is 12.7. The van der Waals surface area contributed by atoms with Crippen LogP contribution in [0.25, 0.3) is 0 Å². The average molecular weight is 366 g/mol. The molecule has 0 unspecified atom stereocenters. The van der Waals surface area contributed by atoms with Crippen LogP contribution in [0, 0.1) is 0 Å². The van der Waals surface area contributed by atoms with Crippen LogP contribution in [0.1, 0.15) is 23.7 Å². The van der Waals surface area contributed by atoms with Crippen LogP contribution in [0.5, 0.6) is 0 Å². The summed E-state index contributed by atoms with van der Waals surface area (Å²) < 4.78 is 0. The Morgan fingerprint density at radius 3 is 2.42 bits per heavy atom. The van der Waals surface area contributed by atoms with E-state index < -0.39 is 0 Å². The normalized spacial score (nSPS) is 12.3. The van der Waals surface area contributed by atoms with Crippen molar-refractivity contribution in [3.63, 3.8) is 0 Å². The van der Waals surface area contributed by atoms with Gasteiger partial charge in [0.2, 0.25) is 0 Å². The van der Waals surface area contributed by atoms with Crippen molar-refractivity contribution in [3.8, 4) is 0 Å². The molecule has 5 nitrogen and oxygen atoms in total. The van der Waals surface area contributed by atoms with Gasteiger partial charge in [0.25, 0.3) is 0 Å². The molecule has 0 amide bonds. The largest absolute Gasteiger partial charge is 0.299 e. The van der Waals surface area contributed by atoms with Gasteiger partial charge in [0.05, 0.1) is 5.69 Å². The van der Waals surface area contributed by atoms with Gasteiger partial charge < -0.3 is 0 Å². The molecule has 1 atom stereocenters. The monoisotopic (exact) mass is 365 g/mol. The molecule has 134 valence electrons. The summed E-state index contributed by atoms with van der Waals surface area (Å²) in [5, 5.41) is 0.813. The van der Waals surface area contributed by atoms with E-state index in [1.165, 1.54) is 5.56 Å². The lowest BCUT2D eigenvalue weighted by Crippen LogP contribution is -2.30. The molecule has 2 aromatic heterocycles. The molecule has 6 heteroatoms. The summed E-state index contributed by atoms with van der Waals surface area (Å²) in [6.45, 7) is 3.00. The van der Waals surface area contributed by atoms with Crippen LogP contribution in [0.2, 0.25) is 0 Å². The number of aromatic nitrogens is 4. The van der Waals surface area contributed by atoms with Crippen molar-refractivity contribution < 1.29 is 0 Å². The second-order valence-corrected chi connectivity index (χ2v) is 7.26. The Bertz CT molecular complexity index is 780. The molecule has 2 heterocycles. The first kappa shape index (κ1) is 18.5. The molecule has 0 aliphatic rings. The third-order valence-corrected chi connectivity index (χ3v) is 5.14. The zero-order chi connectivity index (χ0) is 18.2. The van der Waals surface area contributed by atoms with Gasteiger partial charge in [0.15, 0.2) is 5.16 Å². The average Bonchev–Trinajstić information content (AvgIpc) is 2.69. The Labute approximate surface area is 158 Å². The predicted octanol–water partition coefficient (Wildman–Crippen LogP) is 3.62.